The van der Waals surface area contributed by atoms with Gasteiger partial charge in [0.1, 0.15) is 5.56 Å². The van der Waals surface area contributed by atoms with Gasteiger partial charge in [0, 0.05) is 25.2 Å². The third-order valence-electron chi connectivity index (χ3n) is 3.09. The highest BCUT2D eigenvalue weighted by Gasteiger charge is 2.16. The zero-order valence-electron chi connectivity index (χ0n) is 12.1. The van der Waals surface area contributed by atoms with Crippen molar-refractivity contribution in [2.45, 2.75) is 20.0 Å². The highest BCUT2D eigenvalue weighted by molar-refractivity contribution is 6.30. The van der Waals surface area contributed by atoms with Gasteiger partial charge in [-0.25, -0.2) is 4.79 Å². The SMILES string of the molecule is CCOC(=O)c1cnn(C)c1CNCc1ccc(Cl)cc1. The van der Waals surface area contributed by atoms with E-state index < -0.39 is 0 Å². The lowest BCUT2D eigenvalue weighted by atomic mass is 10.2. The van der Waals surface area contributed by atoms with E-state index in [9.17, 15) is 4.79 Å². The van der Waals surface area contributed by atoms with Crippen molar-refractivity contribution in [2.75, 3.05) is 6.61 Å². The number of aromatic nitrogens is 2. The molecule has 1 aromatic heterocycles. The standard InChI is InChI=1S/C15H18ClN3O2/c1-3-21-15(20)13-9-18-19(2)14(13)10-17-8-11-4-6-12(16)7-5-11/h4-7,9,17H,3,8,10H2,1-2H3. The number of esters is 1. The second kappa shape index (κ2) is 7.24. The Morgan fingerprint density at radius 2 is 2.05 bits per heavy atom. The molecule has 21 heavy (non-hydrogen) atoms. The molecule has 2 rings (SSSR count). The molecule has 0 aliphatic rings. The van der Waals surface area contributed by atoms with Crippen LogP contribution < -0.4 is 5.32 Å². The Morgan fingerprint density at radius 3 is 2.71 bits per heavy atom. The second-order valence-electron chi connectivity index (χ2n) is 4.58. The minimum Gasteiger partial charge on any atom is -0.462 e. The van der Waals surface area contributed by atoms with Crippen LogP contribution in [0.4, 0.5) is 0 Å². The number of aryl methyl sites for hydroxylation is 1. The summed E-state index contributed by atoms with van der Waals surface area (Å²) >= 11 is 5.85. The summed E-state index contributed by atoms with van der Waals surface area (Å²) in [5, 5.41) is 8.12. The third kappa shape index (κ3) is 4.06. The van der Waals surface area contributed by atoms with E-state index in [2.05, 4.69) is 10.4 Å². The van der Waals surface area contributed by atoms with E-state index in [0.29, 0.717) is 25.3 Å². The van der Waals surface area contributed by atoms with Crippen LogP contribution in [0.25, 0.3) is 0 Å². The smallest absolute Gasteiger partial charge is 0.341 e. The molecule has 0 fully saturated rings. The number of rotatable bonds is 6. The molecule has 0 saturated carbocycles. The molecule has 1 N–H and O–H groups in total. The highest BCUT2D eigenvalue weighted by Crippen LogP contribution is 2.11. The molecule has 0 atom stereocenters. The van der Waals surface area contributed by atoms with Crippen molar-refractivity contribution in [1.82, 2.24) is 15.1 Å². The summed E-state index contributed by atoms with van der Waals surface area (Å²) in [5.74, 6) is -0.339. The molecule has 112 valence electrons. The van der Waals surface area contributed by atoms with E-state index >= 15 is 0 Å². The maximum atomic E-state index is 11.8. The Balaban J connectivity index is 1.98. The number of nitrogens with one attached hydrogen (secondary N) is 1. The van der Waals surface area contributed by atoms with Crippen LogP contribution in [0.3, 0.4) is 0 Å². The maximum Gasteiger partial charge on any atom is 0.341 e. The summed E-state index contributed by atoms with van der Waals surface area (Å²) < 4.78 is 6.71. The van der Waals surface area contributed by atoms with Gasteiger partial charge < -0.3 is 10.1 Å². The van der Waals surface area contributed by atoms with Crippen LogP contribution in [0.15, 0.2) is 30.5 Å². The molecule has 0 unspecified atom stereocenters. The molecule has 0 aliphatic heterocycles. The minimum atomic E-state index is -0.339. The van der Waals surface area contributed by atoms with Gasteiger partial charge in [-0.15, -0.1) is 0 Å². The molecule has 5 nitrogen and oxygen atoms in total. The fourth-order valence-electron chi connectivity index (χ4n) is 1.98. The Kier molecular flexibility index (Phi) is 5.36. The summed E-state index contributed by atoms with van der Waals surface area (Å²) in [5.41, 5.74) is 2.43. The van der Waals surface area contributed by atoms with Crippen LogP contribution in [0.2, 0.25) is 5.02 Å². The van der Waals surface area contributed by atoms with Crippen molar-refractivity contribution >= 4 is 17.6 Å². The molecule has 0 bridgehead atoms. The van der Waals surface area contributed by atoms with Gasteiger partial charge in [-0.3, -0.25) is 4.68 Å². The summed E-state index contributed by atoms with van der Waals surface area (Å²) in [7, 11) is 1.81. The van der Waals surface area contributed by atoms with Gasteiger partial charge in [0.2, 0.25) is 0 Å². The first-order chi connectivity index (χ1) is 10.1. The maximum absolute atomic E-state index is 11.8. The summed E-state index contributed by atoms with van der Waals surface area (Å²) in [4.78, 5) is 11.8. The zero-order chi connectivity index (χ0) is 15.2. The van der Waals surface area contributed by atoms with Crippen molar-refractivity contribution in [3.63, 3.8) is 0 Å². The quantitative estimate of drug-likeness (QED) is 0.833. The molecule has 6 heteroatoms. The molecule has 2 aromatic rings. The third-order valence-corrected chi connectivity index (χ3v) is 3.34. The fourth-order valence-corrected chi connectivity index (χ4v) is 2.11. The largest absolute Gasteiger partial charge is 0.462 e. The first-order valence-corrected chi connectivity index (χ1v) is 7.12. The number of nitrogens with zero attached hydrogens (tertiary/aromatic N) is 2. The second-order valence-corrected chi connectivity index (χ2v) is 5.02. The molecule has 1 heterocycles. The Hall–Kier alpha value is -1.85. The lowest BCUT2D eigenvalue weighted by Crippen LogP contribution is -2.18. The monoisotopic (exact) mass is 307 g/mol. The van der Waals surface area contributed by atoms with E-state index in [1.54, 1.807) is 11.6 Å². The lowest BCUT2D eigenvalue weighted by molar-refractivity contribution is 0.0524. The topological polar surface area (TPSA) is 56.1 Å². The molecule has 0 radical (unpaired) electrons. The van der Waals surface area contributed by atoms with E-state index in [-0.39, 0.29) is 5.97 Å². The van der Waals surface area contributed by atoms with Crippen LogP contribution in [-0.4, -0.2) is 22.4 Å². The molecule has 1 aromatic carbocycles. The first-order valence-electron chi connectivity index (χ1n) is 6.75. The average Bonchev–Trinajstić information content (AvgIpc) is 2.83. The molecule has 0 spiro atoms. The van der Waals surface area contributed by atoms with Gasteiger partial charge in [0.15, 0.2) is 0 Å². The number of carbonyl (C=O) groups is 1. The first kappa shape index (κ1) is 15.5. The zero-order valence-corrected chi connectivity index (χ0v) is 12.9. The van der Waals surface area contributed by atoms with Crippen LogP contribution in [0.1, 0.15) is 28.5 Å². The predicted octanol–water partition coefficient (Wildman–Crippen LogP) is 2.54. The molecular formula is C15H18ClN3O2. The van der Waals surface area contributed by atoms with E-state index in [1.165, 1.54) is 6.20 Å². The van der Waals surface area contributed by atoms with Crippen molar-refractivity contribution in [3.05, 3.63) is 52.3 Å². The summed E-state index contributed by atoms with van der Waals surface area (Å²) in [6.45, 7) is 3.36. The van der Waals surface area contributed by atoms with Crippen LogP contribution in [0.5, 0.6) is 0 Å². The lowest BCUT2D eigenvalue weighted by Gasteiger charge is -2.08. The van der Waals surface area contributed by atoms with Gasteiger partial charge in [0.05, 0.1) is 18.5 Å². The van der Waals surface area contributed by atoms with E-state index in [1.807, 2.05) is 31.3 Å². The number of hydrogen-bond acceptors (Lipinski definition) is 4. The van der Waals surface area contributed by atoms with Gasteiger partial charge in [-0.2, -0.15) is 5.10 Å². The van der Waals surface area contributed by atoms with Gasteiger partial charge >= 0.3 is 5.97 Å². The Bertz CT molecular complexity index is 608. The summed E-state index contributed by atoms with van der Waals surface area (Å²) in [6.07, 6.45) is 1.54. The highest BCUT2D eigenvalue weighted by atomic mass is 35.5. The average molecular weight is 308 g/mol. The number of halogens is 1. The predicted molar refractivity (Wildman–Crippen MR) is 81.2 cm³/mol. The number of hydrogen-bond donors (Lipinski definition) is 1. The van der Waals surface area contributed by atoms with Gasteiger partial charge in [-0.1, -0.05) is 23.7 Å². The minimum absolute atomic E-state index is 0.339. The van der Waals surface area contributed by atoms with Crippen molar-refractivity contribution in [2.24, 2.45) is 7.05 Å². The Labute approximate surface area is 128 Å². The normalized spacial score (nSPS) is 10.6. The van der Waals surface area contributed by atoms with Crippen LogP contribution in [-0.2, 0) is 24.9 Å². The molecule has 0 saturated heterocycles. The number of ether oxygens (including phenoxy) is 1. The number of benzene rings is 1. The van der Waals surface area contributed by atoms with Gasteiger partial charge in [-0.05, 0) is 24.6 Å². The van der Waals surface area contributed by atoms with Crippen LogP contribution >= 0.6 is 11.6 Å². The molecule has 0 aliphatic carbocycles. The van der Waals surface area contributed by atoms with E-state index in [0.717, 1.165) is 16.3 Å². The van der Waals surface area contributed by atoms with Crippen molar-refractivity contribution in [3.8, 4) is 0 Å². The van der Waals surface area contributed by atoms with Crippen LogP contribution in [0, 0.1) is 0 Å². The summed E-state index contributed by atoms with van der Waals surface area (Å²) in [6, 6.07) is 7.63. The van der Waals surface area contributed by atoms with Crippen molar-refractivity contribution in [1.29, 1.82) is 0 Å². The van der Waals surface area contributed by atoms with E-state index in [4.69, 9.17) is 16.3 Å². The van der Waals surface area contributed by atoms with Gasteiger partial charge in [0.25, 0.3) is 0 Å². The Morgan fingerprint density at radius 1 is 1.33 bits per heavy atom. The molecular weight excluding hydrogens is 290 g/mol. The fraction of sp³-hybridized carbons (Fsp3) is 0.333. The number of carbonyl (C=O) groups excluding carboxylic acids is 1. The van der Waals surface area contributed by atoms with Crippen molar-refractivity contribution < 1.29 is 9.53 Å². The molecule has 0 amide bonds.